The van der Waals surface area contributed by atoms with Crippen molar-refractivity contribution in [3.05, 3.63) is 29.3 Å². The summed E-state index contributed by atoms with van der Waals surface area (Å²) in [5, 5.41) is 11.6. The Morgan fingerprint density at radius 3 is 2.79 bits per heavy atom. The predicted molar refractivity (Wildman–Crippen MR) is 77.8 cm³/mol. The van der Waals surface area contributed by atoms with E-state index in [0.717, 1.165) is 16.8 Å². The van der Waals surface area contributed by atoms with Gasteiger partial charge in [-0.1, -0.05) is 31.8 Å². The normalized spacial score (nSPS) is 9.95. The van der Waals surface area contributed by atoms with Crippen LogP contribution in [0.25, 0.3) is 0 Å². The quantitative estimate of drug-likeness (QED) is 0.817. The van der Waals surface area contributed by atoms with E-state index < -0.39 is 0 Å². The van der Waals surface area contributed by atoms with Crippen molar-refractivity contribution in [1.82, 2.24) is 0 Å². The largest absolute Gasteiger partial charge is 0.395 e. The van der Waals surface area contributed by atoms with Gasteiger partial charge in [-0.05, 0) is 30.5 Å². The van der Waals surface area contributed by atoms with E-state index in [1.54, 1.807) is 0 Å². The fourth-order valence-electron chi connectivity index (χ4n) is 1.66. The van der Waals surface area contributed by atoms with Crippen LogP contribution in [0.15, 0.2) is 18.2 Å². The van der Waals surface area contributed by atoms with Crippen molar-refractivity contribution in [2.75, 3.05) is 11.9 Å². The van der Waals surface area contributed by atoms with E-state index in [-0.39, 0.29) is 12.5 Å². The van der Waals surface area contributed by atoms with Crippen molar-refractivity contribution in [2.45, 2.75) is 33.6 Å². The molecular weight excluding hydrogens is 238 g/mol. The summed E-state index contributed by atoms with van der Waals surface area (Å²) in [7, 11) is 0. The highest BCUT2D eigenvalue weighted by Crippen LogP contribution is 2.17. The van der Waals surface area contributed by atoms with Gasteiger partial charge in [0.2, 0.25) is 5.91 Å². The highest BCUT2D eigenvalue weighted by Gasteiger charge is 2.07. The Kier molecular flexibility index (Phi) is 6.11. The summed E-state index contributed by atoms with van der Waals surface area (Å²) in [5.41, 5.74) is 2.63. The van der Waals surface area contributed by atoms with Gasteiger partial charge in [0, 0.05) is 18.4 Å². The lowest BCUT2D eigenvalue weighted by molar-refractivity contribution is -0.116. The Morgan fingerprint density at radius 2 is 2.16 bits per heavy atom. The first-order valence-corrected chi connectivity index (χ1v) is 6.53. The van der Waals surface area contributed by atoms with Gasteiger partial charge in [-0.25, -0.2) is 0 Å². The molecule has 0 fully saturated rings. The first-order chi connectivity index (χ1) is 9.02. The first-order valence-electron chi connectivity index (χ1n) is 6.53. The molecule has 0 aliphatic heterocycles. The van der Waals surface area contributed by atoms with Crippen LogP contribution in [0.1, 0.15) is 37.8 Å². The van der Waals surface area contributed by atoms with Crippen LogP contribution in [0.5, 0.6) is 0 Å². The number of anilines is 1. The molecule has 0 aliphatic rings. The number of carbonyl (C=O) groups excluding carboxylic acids is 1. The van der Waals surface area contributed by atoms with Crippen LogP contribution in [0.4, 0.5) is 5.69 Å². The third-order valence-electron chi connectivity index (χ3n) is 2.50. The number of aliphatic hydroxyl groups excluding tert-OH is 1. The average Bonchev–Trinajstić information content (AvgIpc) is 2.32. The highest BCUT2D eigenvalue weighted by molar-refractivity contribution is 5.92. The molecule has 0 bridgehead atoms. The summed E-state index contributed by atoms with van der Waals surface area (Å²) < 4.78 is 0. The van der Waals surface area contributed by atoms with Crippen molar-refractivity contribution >= 4 is 11.6 Å². The van der Waals surface area contributed by atoms with E-state index in [1.807, 2.05) is 39.0 Å². The van der Waals surface area contributed by atoms with Crippen molar-refractivity contribution in [3.8, 4) is 11.8 Å². The van der Waals surface area contributed by atoms with Crippen LogP contribution in [0, 0.1) is 24.7 Å². The molecule has 0 saturated carbocycles. The summed E-state index contributed by atoms with van der Waals surface area (Å²) in [6.45, 7) is 6.05. The molecule has 2 N–H and O–H groups in total. The minimum atomic E-state index is 0.00376. The van der Waals surface area contributed by atoms with E-state index in [4.69, 9.17) is 5.11 Å². The third kappa shape index (κ3) is 5.58. The Hall–Kier alpha value is -1.79. The molecule has 0 spiro atoms. The van der Waals surface area contributed by atoms with Crippen LogP contribution < -0.4 is 5.32 Å². The molecular formula is C16H21NO2. The van der Waals surface area contributed by atoms with Gasteiger partial charge in [0.15, 0.2) is 0 Å². The SMILES string of the molecule is Cc1ccc(NC(=O)CC(C)C)c(C#CCCO)c1. The maximum Gasteiger partial charge on any atom is 0.224 e. The Bertz CT molecular complexity index is 495. The fourth-order valence-corrected chi connectivity index (χ4v) is 1.66. The zero-order valence-corrected chi connectivity index (χ0v) is 11.8. The van der Waals surface area contributed by atoms with E-state index >= 15 is 0 Å². The molecule has 0 atom stereocenters. The number of aryl methyl sites for hydroxylation is 1. The van der Waals surface area contributed by atoms with Crippen LogP contribution in [0.2, 0.25) is 0 Å². The summed E-state index contributed by atoms with van der Waals surface area (Å²) >= 11 is 0. The van der Waals surface area contributed by atoms with Gasteiger partial charge in [0.05, 0.1) is 12.3 Å². The molecule has 0 heterocycles. The third-order valence-corrected chi connectivity index (χ3v) is 2.50. The van der Waals surface area contributed by atoms with E-state index in [2.05, 4.69) is 17.2 Å². The van der Waals surface area contributed by atoms with E-state index in [1.165, 1.54) is 0 Å². The molecule has 0 unspecified atom stereocenters. The minimum Gasteiger partial charge on any atom is -0.395 e. The zero-order valence-electron chi connectivity index (χ0n) is 11.8. The summed E-state index contributed by atoms with van der Waals surface area (Å²) in [6, 6.07) is 5.76. The number of rotatable bonds is 4. The molecule has 0 saturated heterocycles. The van der Waals surface area contributed by atoms with Gasteiger partial charge in [-0.15, -0.1) is 0 Å². The van der Waals surface area contributed by atoms with Crippen molar-refractivity contribution < 1.29 is 9.90 Å². The summed E-state index contributed by atoms with van der Waals surface area (Å²) in [5.74, 6) is 6.20. The molecule has 19 heavy (non-hydrogen) atoms. The smallest absolute Gasteiger partial charge is 0.224 e. The second kappa shape index (κ2) is 7.60. The molecule has 1 aromatic rings. The minimum absolute atomic E-state index is 0.00376. The second-order valence-corrected chi connectivity index (χ2v) is 4.97. The number of amides is 1. The number of carbonyl (C=O) groups is 1. The van der Waals surface area contributed by atoms with Gasteiger partial charge >= 0.3 is 0 Å². The van der Waals surface area contributed by atoms with E-state index in [0.29, 0.717) is 18.8 Å². The zero-order chi connectivity index (χ0) is 14.3. The molecule has 1 aromatic carbocycles. The lowest BCUT2D eigenvalue weighted by Gasteiger charge is -2.09. The van der Waals surface area contributed by atoms with Gasteiger partial charge in [-0.2, -0.15) is 0 Å². The van der Waals surface area contributed by atoms with Gasteiger partial charge < -0.3 is 10.4 Å². The summed E-state index contributed by atoms with van der Waals surface area (Å²) in [4.78, 5) is 11.8. The highest BCUT2D eigenvalue weighted by atomic mass is 16.2. The molecule has 1 amide bonds. The molecule has 102 valence electrons. The maximum atomic E-state index is 11.8. The predicted octanol–water partition coefficient (Wildman–Crippen LogP) is 2.71. The fraction of sp³-hybridized carbons (Fsp3) is 0.438. The van der Waals surface area contributed by atoms with Gasteiger partial charge in [0.1, 0.15) is 0 Å². The summed E-state index contributed by atoms with van der Waals surface area (Å²) in [6.07, 6.45) is 0.935. The molecule has 1 rings (SSSR count). The maximum absolute atomic E-state index is 11.8. The van der Waals surface area contributed by atoms with Gasteiger partial charge in [0.25, 0.3) is 0 Å². The van der Waals surface area contributed by atoms with Crippen LogP contribution in [0.3, 0.4) is 0 Å². The van der Waals surface area contributed by atoms with Crippen LogP contribution in [-0.4, -0.2) is 17.6 Å². The number of benzene rings is 1. The number of hydrogen-bond acceptors (Lipinski definition) is 2. The molecule has 3 nitrogen and oxygen atoms in total. The van der Waals surface area contributed by atoms with Crippen molar-refractivity contribution in [2.24, 2.45) is 5.92 Å². The lowest BCUT2D eigenvalue weighted by Crippen LogP contribution is -2.14. The van der Waals surface area contributed by atoms with Crippen LogP contribution >= 0.6 is 0 Å². The molecule has 0 aliphatic carbocycles. The molecule has 0 aromatic heterocycles. The average molecular weight is 259 g/mol. The first kappa shape index (κ1) is 15.3. The van der Waals surface area contributed by atoms with Crippen molar-refractivity contribution in [1.29, 1.82) is 0 Å². The van der Waals surface area contributed by atoms with Crippen molar-refractivity contribution in [3.63, 3.8) is 0 Å². The van der Waals surface area contributed by atoms with Crippen LogP contribution in [-0.2, 0) is 4.79 Å². The monoisotopic (exact) mass is 259 g/mol. The Balaban J connectivity index is 2.88. The number of nitrogens with one attached hydrogen (secondary N) is 1. The lowest BCUT2D eigenvalue weighted by atomic mass is 10.1. The molecule has 0 radical (unpaired) electrons. The number of aliphatic hydroxyl groups is 1. The molecule has 3 heteroatoms. The van der Waals surface area contributed by atoms with Gasteiger partial charge in [-0.3, -0.25) is 4.79 Å². The number of hydrogen-bond donors (Lipinski definition) is 2. The van der Waals surface area contributed by atoms with E-state index in [9.17, 15) is 4.79 Å². The standard InChI is InChI=1S/C16H21NO2/c1-12(2)10-16(19)17-15-8-7-13(3)11-14(15)6-4-5-9-18/h7-8,11-12,18H,5,9-10H2,1-3H3,(H,17,19). The Morgan fingerprint density at radius 1 is 1.42 bits per heavy atom. The topological polar surface area (TPSA) is 49.3 Å². The second-order valence-electron chi connectivity index (χ2n) is 4.97. The Labute approximate surface area is 115 Å².